The summed E-state index contributed by atoms with van der Waals surface area (Å²) in [5.41, 5.74) is 1.36. The average Bonchev–Trinajstić information content (AvgIpc) is 3.11. The number of aromatic amines is 1. The molecule has 1 aromatic carbocycles. The number of halogens is 1. The van der Waals surface area contributed by atoms with E-state index in [2.05, 4.69) is 15.3 Å². The molecule has 9 heteroatoms. The molecule has 8 nitrogen and oxygen atoms in total. The van der Waals surface area contributed by atoms with Gasteiger partial charge in [0.1, 0.15) is 5.82 Å². The van der Waals surface area contributed by atoms with E-state index in [-0.39, 0.29) is 22.9 Å². The molecule has 0 radical (unpaired) electrons. The molecule has 29 heavy (non-hydrogen) atoms. The minimum Gasteiger partial charge on any atom is -0.343 e. The van der Waals surface area contributed by atoms with Crippen LogP contribution in [0.4, 0.5) is 0 Å². The lowest BCUT2D eigenvalue weighted by Gasteiger charge is -2.31. The molecule has 1 N–H and O–H groups in total. The van der Waals surface area contributed by atoms with Crippen molar-refractivity contribution < 1.29 is 4.79 Å². The van der Waals surface area contributed by atoms with Crippen LogP contribution in [0.2, 0.25) is 5.02 Å². The third-order valence-corrected chi connectivity index (χ3v) is 5.55. The highest BCUT2D eigenvalue weighted by molar-refractivity contribution is 6.30. The maximum Gasteiger partial charge on any atom is 0.281 e. The van der Waals surface area contributed by atoms with Gasteiger partial charge in [-0.15, -0.1) is 5.10 Å². The Morgan fingerprint density at radius 3 is 2.83 bits per heavy atom. The van der Waals surface area contributed by atoms with E-state index in [1.54, 1.807) is 4.68 Å². The van der Waals surface area contributed by atoms with Crippen molar-refractivity contribution in [1.82, 2.24) is 29.9 Å². The number of nitrogens with zero attached hydrogens (tertiary/aromatic N) is 5. The van der Waals surface area contributed by atoms with Gasteiger partial charge in [0.05, 0.1) is 6.54 Å². The zero-order chi connectivity index (χ0) is 20.4. The normalized spacial score (nSPS) is 15.2. The van der Waals surface area contributed by atoms with Crippen LogP contribution in [0.25, 0.3) is 11.2 Å². The van der Waals surface area contributed by atoms with E-state index in [0.717, 1.165) is 24.8 Å². The summed E-state index contributed by atoms with van der Waals surface area (Å²) in [5.74, 6) is 0.943. The zero-order valence-electron chi connectivity index (χ0n) is 16.3. The third-order valence-electron chi connectivity index (χ3n) is 5.31. The standard InChI is InChI=1S/C20H23ClN6O2/c1-2-4-16(28)26-9-7-14(8-10-26)18-22-19-17(20(29)23-18)24-25-27(19)12-13-5-3-6-15(21)11-13/h3,5-6,11,14H,2,4,7-10,12H2,1H3,(H,22,23,29). The van der Waals surface area contributed by atoms with Crippen molar-refractivity contribution in [2.24, 2.45) is 0 Å². The van der Waals surface area contributed by atoms with E-state index in [9.17, 15) is 9.59 Å². The number of benzene rings is 1. The predicted octanol–water partition coefficient (Wildman–Crippen LogP) is 2.72. The maximum atomic E-state index is 12.5. The summed E-state index contributed by atoms with van der Waals surface area (Å²) >= 11 is 6.07. The number of nitrogens with one attached hydrogen (secondary N) is 1. The minimum absolute atomic E-state index is 0.104. The molecule has 3 heterocycles. The van der Waals surface area contributed by atoms with Crippen LogP contribution >= 0.6 is 11.6 Å². The first-order chi connectivity index (χ1) is 14.0. The van der Waals surface area contributed by atoms with Crippen LogP contribution in [0.15, 0.2) is 29.1 Å². The molecule has 1 amide bonds. The highest BCUT2D eigenvalue weighted by atomic mass is 35.5. The molecule has 0 atom stereocenters. The van der Waals surface area contributed by atoms with E-state index in [4.69, 9.17) is 16.6 Å². The number of amides is 1. The fraction of sp³-hybridized carbons (Fsp3) is 0.450. The number of carbonyl (C=O) groups is 1. The second-order valence-electron chi connectivity index (χ2n) is 7.41. The van der Waals surface area contributed by atoms with Crippen LogP contribution in [0.1, 0.15) is 49.9 Å². The maximum absolute atomic E-state index is 12.5. The van der Waals surface area contributed by atoms with Crippen molar-refractivity contribution in [3.05, 3.63) is 51.0 Å². The minimum atomic E-state index is -0.285. The Hall–Kier alpha value is -2.74. The summed E-state index contributed by atoms with van der Waals surface area (Å²) in [5, 5.41) is 8.75. The SMILES string of the molecule is CCCC(=O)N1CCC(c2nc3c(nnn3Cc3cccc(Cl)c3)c(=O)[nH]2)CC1. The van der Waals surface area contributed by atoms with Crippen LogP contribution in [-0.4, -0.2) is 48.9 Å². The van der Waals surface area contributed by atoms with Gasteiger partial charge in [-0.3, -0.25) is 9.59 Å². The first-order valence-corrected chi connectivity index (χ1v) is 10.3. The molecule has 1 aliphatic rings. The van der Waals surface area contributed by atoms with Gasteiger partial charge in [0.2, 0.25) is 5.91 Å². The van der Waals surface area contributed by atoms with E-state index in [1.165, 1.54) is 0 Å². The van der Waals surface area contributed by atoms with E-state index in [0.29, 0.717) is 42.5 Å². The molecule has 0 saturated carbocycles. The van der Waals surface area contributed by atoms with Gasteiger partial charge in [0.25, 0.3) is 5.56 Å². The van der Waals surface area contributed by atoms with Crippen molar-refractivity contribution in [2.45, 2.75) is 45.1 Å². The quantitative estimate of drug-likeness (QED) is 0.692. The van der Waals surface area contributed by atoms with Crippen LogP contribution in [-0.2, 0) is 11.3 Å². The Labute approximate surface area is 172 Å². The second kappa shape index (κ2) is 8.32. The first kappa shape index (κ1) is 19.6. The molecule has 0 unspecified atom stereocenters. The molecule has 3 aromatic rings. The third kappa shape index (κ3) is 4.17. The number of hydrogen-bond acceptors (Lipinski definition) is 5. The van der Waals surface area contributed by atoms with Crippen LogP contribution in [0.3, 0.4) is 0 Å². The molecule has 2 aromatic heterocycles. The number of H-pyrrole nitrogens is 1. The Morgan fingerprint density at radius 2 is 2.10 bits per heavy atom. The van der Waals surface area contributed by atoms with Crippen LogP contribution < -0.4 is 5.56 Å². The lowest BCUT2D eigenvalue weighted by molar-refractivity contribution is -0.132. The Morgan fingerprint density at radius 1 is 1.31 bits per heavy atom. The number of fused-ring (bicyclic) bond motifs is 1. The Kier molecular flexibility index (Phi) is 5.62. The summed E-state index contributed by atoms with van der Waals surface area (Å²) in [6.45, 7) is 3.81. The molecular weight excluding hydrogens is 392 g/mol. The molecule has 152 valence electrons. The number of hydrogen-bond donors (Lipinski definition) is 1. The molecule has 0 aliphatic carbocycles. The lowest BCUT2D eigenvalue weighted by atomic mass is 9.95. The summed E-state index contributed by atoms with van der Waals surface area (Å²) < 4.78 is 1.62. The van der Waals surface area contributed by atoms with Gasteiger partial charge in [0, 0.05) is 30.5 Å². The van der Waals surface area contributed by atoms with E-state index >= 15 is 0 Å². The number of carbonyl (C=O) groups excluding carboxylic acids is 1. The molecule has 0 bridgehead atoms. The zero-order valence-corrected chi connectivity index (χ0v) is 17.0. The molecule has 4 rings (SSSR count). The summed E-state index contributed by atoms with van der Waals surface area (Å²) in [6.07, 6.45) is 2.99. The van der Waals surface area contributed by atoms with Crippen molar-refractivity contribution in [1.29, 1.82) is 0 Å². The van der Waals surface area contributed by atoms with Gasteiger partial charge in [-0.05, 0) is 37.0 Å². The smallest absolute Gasteiger partial charge is 0.281 e. The summed E-state index contributed by atoms with van der Waals surface area (Å²) in [7, 11) is 0. The van der Waals surface area contributed by atoms with Crippen LogP contribution in [0.5, 0.6) is 0 Å². The van der Waals surface area contributed by atoms with Crippen molar-refractivity contribution in [3.63, 3.8) is 0 Å². The fourth-order valence-electron chi connectivity index (χ4n) is 3.77. The van der Waals surface area contributed by atoms with Gasteiger partial charge in [-0.2, -0.15) is 0 Å². The molecule has 1 fully saturated rings. The largest absolute Gasteiger partial charge is 0.343 e. The van der Waals surface area contributed by atoms with Gasteiger partial charge >= 0.3 is 0 Å². The van der Waals surface area contributed by atoms with E-state index in [1.807, 2.05) is 36.1 Å². The number of piperidine rings is 1. The predicted molar refractivity (Wildman–Crippen MR) is 110 cm³/mol. The Balaban J connectivity index is 1.57. The average molecular weight is 415 g/mol. The van der Waals surface area contributed by atoms with Crippen molar-refractivity contribution >= 4 is 28.7 Å². The van der Waals surface area contributed by atoms with Crippen molar-refractivity contribution in [3.8, 4) is 0 Å². The van der Waals surface area contributed by atoms with E-state index < -0.39 is 0 Å². The van der Waals surface area contributed by atoms with Crippen LogP contribution in [0, 0.1) is 0 Å². The first-order valence-electron chi connectivity index (χ1n) is 9.90. The number of likely N-dealkylation sites (tertiary alicyclic amines) is 1. The highest BCUT2D eigenvalue weighted by Gasteiger charge is 2.26. The molecule has 1 aliphatic heterocycles. The Bertz CT molecular complexity index is 1080. The number of rotatable bonds is 5. The lowest BCUT2D eigenvalue weighted by Crippen LogP contribution is -2.38. The van der Waals surface area contributed by atoms with Gasteiger partial charge in [0.15, 0.2) is 11.2 Å². The number of aromatic nitrogens is 5. The van der Waals surface area contributed by atoms with Gasteiger partial charge in [-0.25, -0.2) is 9.67 Å². The molecular formula is C20H23ClN6O2. The summed E-state index contributed by atoms with van der Waals surface area (Å²) in [6, 6.07) is 7.47. The van der Waals surface area contributed by atoms with Crippen molar-refractivity contribution in [2.75, 3.05) is 13.1 Å². The summed E-state index contributed by atoms with van der Waals surface area (Å²) in [4.78, 5) is 34.1. The second-order valence-corrected chi connectivity index (χ2v) is 7.84. The molecule has 1 saturated heterocycles. The topological polar surface area (TPSA) is 96.8 Å². The monoisotopic (exact) mass is 414 g/mol. The molecule has 0 spiro atoms. The highest BCUT2D eigenvalue weighted by Crippen LogP contribution is 2.26. The van der Waals surface area contributed by atoms with Gasteiger partial charge < -0.3 is 9.88 Å². The van der Waals surface area contributed by atoms with Gasteiger partial charge in [-0.1, -0.05) is 35.9 Å². The fourth-order valence-corrected chi connectivity index (χ4v) is 3.98.